The lowest BCUT2D eigenvalue weighted by Crippen LogP contribution is -2.21. The van der Waals surface area contributed by atoms with Gasteiger partial charge in [0.15, 0.2) is 4.91 Å². The second-order valence-corrected chi connectivity index (χ2v) is 7.04. The number of nitriles is 1. The van der Waals surface area contributed by atoms with E-state index in [1.807, 2.05) is 19.1 Å². The molecule has 1 aliphatic rings. The van der Waals surface area contributed by atoms with Crippen LogP contribution in [0.15, 0.2) is 58.5 Å². The van der Waals surface area contributed by atoms with Gasteiger partial charge in [-0.1, -0.05) is 12.1 Å². The predicted octanol–water partition coefficient (Wildman–Crippen LogP) is 3.29. The summed E-state index contributed by atoms with van der Waals surface area (Å²) in [5.74, 6) is 0.650. The van der Waals surface area contributed by atoms with Gasteiger partial charge in [0.05, 0.1) is 17.7 Å². The number of ether oxygens (including phenoxy) is 1. The van der Waals surface area contributed by atoms with Crippen LogP contribution >= 0.6 is 0 Å². The molecular formula is C17H14N2O3S. The van der Waals surface area contributed by atoms with E-state index in [-0.39, 0.29) is 9.80 Å². The van der Waals surface area contributed by atoms with Gasteiger partial charge in [-0.25, -0.2) is 8.42 Å². The maximum Gasteiger partial charge on any atom is 0.220 e. The van der Waals surface area contributed by atoms with Crippen molar-refractivity contribution in [2.75, 3.05) is 12.0 Å². The Hall–Kier alpha value is -2.78. The molecule has 0 spiro atoms. The van der Waals surface area contributed by atoms with Crippen LogP contribution in [-0.2, 0) is 9.84 Å². The molecule has 0 unspecified atom stereocenters. The Balaban J connectivity index is 2.28. The normalized spacial score (nSPS) is 15.3. The Labute approximate surface area is 135 Å². The fourth-order valence-electron chi connectivity index (χ4n) is 2.48. The quantitative estimate of drug-likeness (QED) is 0.847. The minimum absolute atomic E-state index is 0.130. The van der Waals surface area contributed by atoms with Gasteiger partial charge in [-0.15, -0.1) is 0 Å². The number of methoxy groups -OCH3 is 1. The van der Waals surface area contributed by atoms with E-state index in [0.29, 0.717) is 11.4 Å². The van der Waals surface area contributed by atoms with Gasteiger partial charge in [0.2, 0.25) is 9.84 Å². The Morgan fingerprint density at radius 2 is 1.96 bits per heavy atom. The van der Waals surface area contributed by atoms with Crippen molar-refractivity contribution in [2.24, 2.45) is 0 Å². The highest BCUT2D eigenvalue weighted by molar-refractivity contribution is 7.95. The van der Waals surface area contributed by atoms with Crippen molar-refractivity contribution < 1.29 is 13.2 Å². The van der Waals surface area contributed by atoms with E-state index >= 15 is 0 Å². The number of nitrogens with zero attached hydrogens (tertiary/aromatic N) is 2. The number of anilines is 2. The predicted molar refractivity (Wildman–Crippen MR) is 87.2 cm³/mol. The highest BCUT2D eigenvalue weighted by atomic mass is 32.2. The molecule has 2 aromatic rings. The highest BCUT2D eigenvalue weighted by Crippen LogP contribution is 2.40. The van der Waals surface area contributed by atoms with Gasteiger partial charge in [-0.05, 0) is 36.8 Å². The van der Waals surface area contributed by atoms with Gasteiger partial charge < -0.3 is 9.64 Å². The largest absolute Gasteiger partial charge is 0.497 e. The smallest absolute Gasteiger partial charge is 0.220 e. The van der Waals surface area contributed by atoms with E-state index in [2.05, 4.69) is 0 Å². The average Bonchev–Trinajstić information content (AvgIpc) is 2.54. The lowest BCUT2D eigenvalue weighted by atomic mass is 10.2. The number of hydrogen-bond donors (Lipinski definition) is 0. The van der Waals surface area contributed by atoms with Crippen LogP contribution in [0, 0.1) is 18.3 Å². The third kappa shape index (κ3) is 2.45. The van der Waals surface area contributed by atoms with E-state index in [1.165, 1.54) is 12.3 Å². The number of hydrogen-bond acceptors (Lipinski definition) is 5. The fourth-order valence-corrected chi connectivity index (χ4v) is 3.76. The van der Waals surface area contributed by atoms with E-state index in [1.54, 1.807) is 42.3 Å². The van der Waals surface area contributed by atoms with Crippen molar-refractivity contribution >= 4 is 21.2 Å². The minimum atomic E-state index is -3.78. The van der Waals surface area contributed by atoms with Crippen molar-refractivity contribution in [3.05, 3.63) is 59.1 Å². The number of allylic oxidation sites excluding steroid dienone is 1. The van der Waals surface area contributed by atoms with Crippen LogP contribution in [0.25, 0.3) is 0 Å². The van der Waals surface area contributed by atoms with Crippen LogP contribution in [0.2, 0.25) is 0 Å². The topological polar surface area (TPSA) is 70.4 Å². The first-order chi connectivity index (χ1) is 11.0. The van der Waals surface area contributed by atoms with E-state index in [0.717, 1.165) is 11.3 Å². The molecule has 3 rings (SSSR count). The first-order valence-electron chi connectivity index (χ1n) is 6.88. The van der Waals surface area contributed by atoms with Crippen LogP contribution in [0.4, 0.5) is 11.4 Å². The van der Waals surface area contributed by atoms with Gasteiger partial charge in [0, 0.05) is 18.0 Å². The first kappa shape index (κ1) is 15.1. The minimum Gasteiger partial charge on any atom is -0.497 e. The Kier molecular flexibility index (Phi) is 3.58. The zero-order valence-electron chi connectivity index (χ0n) is 12.6. The summed E-state index contributed by atoms with van der Waals surface area (Å²) in [7, 11) is -2.22. The van der Waals surface area contributed by atoms with Crippen molar-refractivity contribution in [1.82, 2.24) is 0 Å². The monoisotopic (exact) mass is 326 g/mol. The van der Waals surface area contributed by atoms with E-state index in [9.17, 15) is 13.7 Å². The molecule has 0 radical (unpaired) electrons. The van der Waals surface area contributed by atoms with E-state index in [4.69, 9.17) is 4.74 Å². The molecule has 2 aromatic carbocycles. The van der Waals surface area contributed by atoms with E-state index < -0.39 is 9.84 Å². The third-order valence-corrected chi connectivity index (χ3v) is 5.34. The standard InChI is InChI=1S/C17H14N2O3S/c1-12-6-7-17-16(8-12)19(11-15(10-18)23(17,20)21)13-4-3-5-14(9-13)22-2/h3-9,11H,1-2H3. The zero-order valence-corrected chi connectivity index (χ0v) is 13.5. The van der Waals surface area contributed by atoms with Crippen molar-refractivity contribution in [3.8, 4) is 11.8 Å². The Bertz CT molecular complexity index is 956. The number of fused-ring (bicyclic) bond motifs is 1. The highest BCUT2D eigenvalue weighted by Gasteiger charge is 2.32. The van der Waals surface area contributed by atoms with Gasteiger partial charge in [-0.3, -0.25) is 0 Å². The number of aryl methyl sites for hydroxylation is 1. The molecule has 0 saturated heterocycles. The van der Waals surface area contributed by atoms with Crippen LogP contribution < -0.4 is 9.64 Å². The van der Waals surface area contributed by atoms with Crippen molar-refractivity contribution in [2.45, 2.75) is 11.8 Å². The zero-order chi connectivity index (χ0) is 16.6. The van der Waals surface area contributed by atoms with Crippen LogP contribution in [0.5, 0.6) is 5.75 Å². The summed E-state index contributed by atoms with van der Waals surface area (Å²) in [6.45, 7) is 1.89. The third-order valence-electron chi connectivity index (χ3n) is 3.64. The SMILES string of the molecule is COc1cccc(N2C=C(C#N)S(=O)(=O)c3ccc(C)cc32)c1. The fraction of sp³-hybridized carbons (Fsp3) is 0.118. The Morgan fingerprint density at radius 3 is 2.65 bits per heavy atom. The molecule has 0 atom stereocenters. The van der Waals surface area contributed by atoms with Gasteiger partial charge in [0.1, 0.15) is 11.8 Å². The van der Waals surface area contributed by atoms with Crippen molar-refractivity contribution in [1.29, 1.82) is 5.26 Å². The molecule has 0 amide bonds. The molecule has 1 aliphatic heterocycles. The summed E-state index contributed by atoms with van der Waals surface area (Å²) < 4.78 is 30.2. The number of rotatable bonds is 2. The summed E-state index contributed by atoms with van der Waals surface area (Å²) in [5, 5.41) is 9.22. The number of sulfone groups is 1. The molecule has 23 heavy (non-hydrogen) atoms. The van der Waals surface area contributed by atoms with Crippen LogP contribution in [0.1, 0.15) is 5.56 Å². The molecule has 0 aromatic heterocycles. The molecular weight excluding hydrogens is 312 g/mol. The van der Waals surface area contributed by atoms with Crippen LogP contribution in [-0.4, -0.2) is 15.5 Å². The average molecular weight is 326 g/mol. The number of benzene rings is 2. The maximum absolute atomic E-state index is 12.5. The van der Waals surface area contributed by atoms with Gasteiger partial charge >= 0.3 is 0 Å². The lowest BCUT2D eigenvalue weighted by molar-refractivity contribution is 0.415. The second kappa shape index (κ2) is 5.45. The molecule has 0 N–H and O–H groups in total. The molecule has 1 heterocycles. The molecule has 0 fully saturated rings. The summed E-state index contributed by atoms with van der Waals surface area (Å²) in [6, 6.07) is 14.1. The second-order valence-electron chi connectivity index (χ2n) is 5.15. The van der Waals surface area contributed by atoms with Gasteiger partial charge in [-0.2, -0.15) is 5.26 Å². The molecule has 5 nitrogen and oxygen atoms in total. The molecule has 116 valence electrons. The summed E-state index contributed by atoms with van der Waals surface area (Å²) in [5.41, 5.74) is 2.18. The molecule has 0 bridgehead atoms. The summed E-state index contributed by atoms with van der Waals surface area (Å²) >= 11 is 0. The molecule has 6 heteroatoms. The first-order valence-corrected chi connectivity index (χ1v) is 8.36. The van der Waals surface area contributed by atoms with Crippen molar-refractivity contribution in [3.63, 3.8) is 0 Å². The molecule has 0 saturated carbocycles. The lowest BCUT2D eigenvalue weighted by Gasteiger charge is -2.28. The summed E-state index contributed by atoms with van der Waals surface area (Å²) in [6.07, 6.45) is 1.35. The van der Waals surface area contributed by atoms with Crippen LogP contribution in [0.3, 0.4) is 0 Å². The molecule has 0 aliphatic carbocycles. The summed E-state index contributed by atoms with van der Waals surface area (Å²) in [4.78, 5) is 1.55. The van der Waals surface area contributed by atoms with Gasteiger partial charge in [0.25, 0.3) is 0 Å². The maximum atomic E-state index is 12.5. The Morgan fingerprint density at radius 1 is 1.17 bits per heavy atom.